The van der Waals surface area contributed by atoms with Crippen LogP contribution in [0.2, 0.25) is 0 Å². The van der Waals surface area contributed by atoms with Crippen LogP contribution in [0.3, 0.4) is 0 Å². The number of aryl methyl sites for hydroxylation is 1. The number of rotatable bonds is 4. The topological polar surface area (TPSA) is 54.0 Å². The van der Waals surface area contributed by atoms with Crippen molar-refractivity contribution in [3.63, 3.8) is 0 Å². The van der Waals surface area contributed by atoms with Crippen LogP contribution in [0.15, 0.2) is 42.6 Å². The van der Waals surface area contributed by atoms with E-state index in [0.717, 1.165) is 12.2 Å². The Kier molecular flexibility index (Phi) is 4.81. The molecule has 0 unspecified atom stereocenters. The highest BCUT2D eigenvalue weighted by molar-refractivity contribution is 5.93. The van der Waals surface area contributed by atoms with Crippen LogP contribution in [0, 0.1) is 12.3 Å². The van der Waals surface area contributed by atoms with Crippen LogP contribution in [0.1, 0.15) is 31.9 Å². The lowest BCUT2D eigenvalue weighted by Gasteiger charge is -2.17. The van der Waals surface area contributed by atoms with Crippen molar-refractivity contribution in [2.75, 3.05) is 10.6 Å². The van der Waals surface area contributed by atoms with Crippen molar-refractivity contribution in [2.24, 2.45) is 5.41 Å². The van der Waals surface area contributed by atoms with Crippen LogP contribution in [-0.4, -0.2) is 10.9 Å². The van der Waals surface area contributed by atoms with Gasteiger partial charge in [-0.3, -0.25) is 4.79 Å². The zero-order chi connectivity index (χ0) is 16.2. The van der Waals surface area contributed by atoms with Crippen molar-refractivity contribution in [3.8, 4) is 0 Å². The van der Waals surface area contributed by atoms with E-state index in [1.54, 1.807) is 12.3 Å². The predicted octanol–water partition coefficient (Wildman–Crippen LogP) is 3.99. The highest BCUT2D eigenvalue weighted by Crippen LogP contribution is 2.17. The van der Waals surface area contributed by atoms with Crippen molar-refractivity contribution < 1.29 is 4.79 Å². The third-order valence-electron chi connectivity index (χ3n) is 3.30. The highest BCUT2D eigenvalue weighted by atomic mass is 16.2. The van der Waals surface area contributed by atoms with E-state index in [1.807, 2.05) is 26.8 Å². The van der Waals surface area contributed by atoms with Crippen LogP contribution in [-0.2, 0) is 11.3 Å². The maximum Gasteiger partial charge on any atom is 0.230 e. The highest BCUT2D eigenvalue weighted by Gasteiger charge is 2.21. The molecule has 116 valence electrons. The third-order valence-corrected chi connectivity index (χ3v) is 3.30. The number of anilines is 2. The average molecular weight is 297 g/mol. The van der Waals surface area contributed by atoms with Gasteiger partial charge in [0.25, 0.3) is 0 Å². The molecule has 1 heterocycles. The van der Waals surface area contributed by atoms with Gasteiger partial charge in [-0.1, -0.05) is 50.6 Å². The summed E-state index contributed by atoms with van der Waals surface area (Å²) in [6.45, 7) is 8.45. The Morgan fingerprint density at radius 2 is 1.77 bits per heavy atom. The first-order valence-electron chi connectivity index (χ1n) is 7.41. The molecular weight excluding hydrogens is 274 g/mol. The fourth-order valence-corrected chi connectivity index (χ4v) is 1.79. The summed E-state index contributed by atoms with van der Waals surface area (Å²) in [6.07, 6.45) is 1.73. The van der Waals surface area contributed by atoms with Gasteiger partial charge in [0.2, 0.25) is 5.91 Å². The van der Waals surface area contributed by atoms with Crippen molar-refractivity contribution in [1.82, 2.24) is 4.98 Å². The Hall–Kier alpha value is -2.36. The van der Waals surface area contributed by atoms with E-state index < -0.39 is 5.41 Å². The van der Waals surface area contributed by atoms with Crippen LogP contribution in [0.25, 0.3) is 0 Å². The first-order chi connectivity index (χ1) is 10.3. The number of pyridine rings is 1. The molecule has 2 aromatic rings. The maximum absolute atomic E-state index is 11.9. The molecule has 4 nitrogen and oxygen atoms in total. The SMILES string of the molecule is Cc1ccc(CNc2ccc(NC(=O)C(C)(C)C)nc2)cc1. The summed E-state index contributed by atoms with van der Waals surface area (Å²) in [5, 5.41) is 6.13. The maximum atomic E-state index is 11.9. The molecule has 0 fully saturated rings. The van der Waals surface area contributed by atoms with Gasteiger partial charge in [-0.05, 0) is 24.6 Å². The van der Waals surface area contributed by atoms with Crippen molar-refractivity contribution in [2.45, 2.75) is 34.2 Å². The van der Waals surface area contributed by atoms with Gasteiger partial charge in [0.15, 0.2) is 0 Å². The molecule has 0 saturated carbocycles. The molecular formula is C18H23N3O. The van der Waals surface area contributed by atoms with Gasteiger partial charge in [0, 0.05) is 12.0 Å². The lowest BCUT2D eigenvalue weighted by molar-refractivity contribution is -0.123. The Labute approximate surface area is 132 Å². The minimum atomic E-state index is -0.427. The van der Waals surface area contributed by atoms with Gasteiger partial charge < -0.3 is 10.6 Å². The van der Waals surface area contributed by atoms with Gasteiger partial charge in [0.05, 0.1) is 11.9 Å². The summed E-state index contributed by atoms with van der Waals surface area (Å²) < 4.78 is 0. The van der Waals surface area contributed by atoms with E-state index >= 15 is 0 Å². The molecule has 1 aromatic carbocycles. The van der Waals surface area contributed by atoms with E-state index in [9.17, 15) is 4.79 Å². The lowest BCUT2D eigenvalue weighted by Crippen LogP contribution is -2.27. The van der Waals surface area contributed by atoms with Crippen molar-refractivity contribution in [3.05, 3.63) is 53.7 Å². The Morgan fingerprint density at radius 3 is 2.32 bits per heavy atom. The quantitative estimate of drug-likeness (QED) is 0.897. The molecule has 0 spiro atoms. The molecule has 1 amide bonds. The Balaban J connectivity index is 1.92. The Morgan fingerprint density at radius 1 is 1.09 bits per heavy atom. The zero-order valence-corrected chi connectivity index (χ0v) is 13.6. The minimum Gasteiger partial charge on any atom is -0.380 e. The number of nitrogens with zero attached hydrogens (tertiary/aromatic N) is 1. The molecule has 22 heavy (non-hydrogen) atoms. The van der Waals surface area contributed by atoms with Crippen LogP contribution < -0.4 is 10.6 Å². The molecule has 0 radical (unpaired) electrons. The summed E-state index contributed by atoms with van der Waals surface area (Å²) in [6, 6.07) is 12.1. The van der Waals surface area contributed by atoms with E-state index in [1.165, 1.54) is 11.1 Å². The van der Waals surface area contributed by atoms with Gasteiger partial charge in [0.1, 0.15) is 5.82 Å². The first-order valence-corrected chi connectivity index (χ1v) is 7.41. The lowest BCUT2D eigenvalue weighted by atomic mass is 9.96. The second-order valence-electron chi connectivity index (χ2n) is 6.48. The van der Waals surface area contributed by atoms with E-state index in [4.69, 9.17) is 0 Å². The minimum absolute atomic E-state index is 0.0413. The molecule has 0 saturated heterocycles. The van der Waals surface area contributed by atoms with Crippen molar-refractivity contribution >= 4 is 17.4 Å². The summed E-state index contributed by atoms with van der Waals surface area (Å²) in [4.78, 5) is 16.2. The number of benzene rings is 1. The summed E-state index contributed by atoms with van der Waals surface area (Å²) in [5.41, 5.74) is 2.97. The number of aromatic nitrogens is 1. The van der Waals surface area contributed by atoms with Gasteiger partial charge in [-0.2, -0.15) is 0 Å². The second kappa shape index (κ2) is 6.60. The van der Waals surface area contributed by atoms with Gasteiger partial charge in [-0.15, -0.1) is 0 Å². The predicted molar refractivity (Wildman–Crippen MR) is 90.8 cm³/mol. The zero-order valence-electron chi connectivity index (χ0n) is 13.6. The van der Waals surface area contributed by atoms with Crippen LogP contribution in [0.4, 0.5) is 11.5 Å². The molecule has 0 aliphatic carbocycles. The van der Waals surface area contributed by atoms with Gasteiger partial charge >= 0.3 is 0 Å². The molecule has 0 bridgehead atoms. The fourth-order valence-electron chi connectivity index (χ4n) is 1.79. The van der Waals surface area contributed by atoms with Crippen LogP contribution >= 0.6 is 0 Å². The largest absolute Gasteiger partial charge is 0.380 e. The summed E-state index contributed by atoms with van der Waals surface area (Å²) >= 11 is 0. The normalized spacial score (nSPS) is 11.1. The average Bonchev–Trinajstić information content (AvgIpc) is 2.47. The first kappa shape index (κ1) is 16.0. The molecule has 2 N–H and O–H groups in total. The molecule has 0 aliphatic rings. The fraction of sp³-hybridized carbons (Fsp3) is 0.333. The van der Waals surface area contributed by atoms with E-state index in [2.05, 4.69) is 46.8 Å². The second-order valence-corrected chi connectivity index (χ2v) is 6.48. The standard InChI is InChI=1S/C18H23N3O/c1-13-5-7-14(8-6-13)11-19-15-9-10-16(20-12-15)21-17(22)18(2,3)4/h5-10,12,19H,11H2,1-4H3,(H,20,21,22). The summed E-state index contributed by atoms with van der Waals surface area (Å²) in [5.74, 6) is 0.529. The number of amides is 1. The number of nitrogens with one attached hydrogen (secondary N) is 2. The molecule has 2 rings (SSSR count). The van der Waals surface area contributed by atoms with E-state index in [0.29, 0.717) is 5.82 Å². The number of hydrogen-bond donors (Lipinski definition) is 2. The number of hydrogen-bond acceptors (Lipinski definition) is 3. The smallest absolute Gasteiger partial charge is 0.230 e. The van der Waals surface area contributed by atoms with Crippen LogP contribution in [0.5, 0.6) is 0 Å². The van der Waals surface area contributed by atoms with Gasteiger partial charge in [-0.25, -0.2) is 4.98 Å². The molecule has 0 aliphatic heterocycles. The monoisotopic (exact) mass is 297 g/mol. The summed E-state index contributed by atoms with van der Waals surface area (Å²) in [7, 11) is 0. The van der Waals surface area contributed by atoms with E-state index in [-0.39, 0.29) is 5.91 Å². The van der Waals surface area contributed by atoms with Crippen molar-refractivity contribution in [1.29, 1.82) is 0 Å². The Bertz CT molecular complexity index is 625. The number of carbonyl (C=O) groups excluding carboxylic acids is 1. The molecule has 4 heteroatoms. The molecule has 1 aromatic heterocycles. The number of carbonyl (C=O) groups is 1. The molecule has 0 atom stereocenters. The third kappa shape index (κ3) is 4.58.